The molecule has 1 atom stereocenters. The molecule has 2 N–H and O–H groups in total. The highest BCUT2D eigenvalue weighted by atomic mass is 35.5. The topological polar surface area (TPSA) is 49.8 Å². The molecule has 0 bridgehead atoms. The van der Waals surface area contributed by atoms with Crippen LogP contribution in [0.5, 0.6) is 0 Å². The molecule has 0 spiro atoms. The first-order valence-corrected chi connectivity index (χ1v) is 4.03. The van der Waals surface area contributed by atoms with E-state index in [2.05, 4.69) is 0 Å². The lowest BCUT2D eigenvalue weighted by atomic mass is 10.0. The third-order valence-electron chi connectivity index (χ3n) is 1.94. The van der Waals surface area contributed by atoms with Crippen molar-refractivity contribution < 1.29 is 4.39 Å². The van der Waals surface area contributed by atoms with Gasteiger partial charge in [-0.1, -0.05) is 12.1 Å². The Bertz CT molecular complexity index is 346. The summed E-state index contributed by atoms with van der Waals surface area (Å²) in [6.45, 7) is 1.69. The molecule has 14 heavy (non-hydrogen) atoms. The predicted octanol–water partition coefficient (Wildman–Crippen LogP) is 2.47. The van der Waals surface area contributed by atoms with E-state index in [0.717, 1.165) is 0 Å². The summed E-state index contributed by atoms with van der Waals surface area (Å²) >= 11 is 0. The van der Waals surface area contributed by atoms with Gasteiger partial charge in [0.2, 0.25) is 0 Å². The van der Waals surface area contributed by atoms with Crippen LogP contribution in [0.3, 0.4) is 0 Å². The highest BCUT2D eigenvalue weighted by molar-refractivity contribution is 5.85. The summed E-state index contributed by atoms with van der Waals surface area (Å²) in [6, 6.07) is 6.37. The third kappa shape index (κ3) is 2.99. The Morgan fingerprint density at radius 2 is 2.21 bits per heavy atom. The minimum absolute atomic E-state index is 0. The van der Waals surface area contributed by atoms with Gasteiger partial charge in [-0.15, -0.1) is 12.4 Å². The molecule has 76 valence electrons. The SMILES string of the molecule is Cc1ccc([C@@H](N)CC#N)cc1F.Cl. The van der Waals surface area contributed by atoms with Crippen LogP contribution in [0.1, 0.15) is 23.6 Å². The second-order valence-corrected chi connectivity index (χ2v) is 2.98. The summed E-state index contributed by atoms with van der Waals surface area (Å²) in [5.41, 5.74) is 6.90. The first kappa shape index (κ1) is 12.9. The van der Waals surface area contributed by atoms with Gasteiger partial charge in [-0.2, -0.15) is 5.26 Å². The molecule has 0 aromatic heterocycles. The Balaban J connectivity index is 0.00000169. The number of hydrogen-bond acceptors (Lipinski definition) is 2. The summed E-state index contributed by atoms with van der Waals surface area (Å²) in [5, 5.41) is 8.40. The second kappa shape index (κ2) is 5.58. The Labute approximate surface area is 88.9 Å². The fourth-order valence-corrected chi connectivity index (χ4v) is 1.06. The van der Waals surface area contributed by atoms with Crippen LogP contribution in [-0.4, -0.2) is 0 Å². The first-order chi connectivity index (χ1) is 6.15. The first-order valence-electron chi connectivity index (χ1n) is 4.03. The van der Waals surface area contributed by atoms with Crippen LogP contribution in [0.2, 0.25) is 0 Å². The van der Waals surface area contributed by atoms with Gasteiger partial charge >= 0.3 is 0 Å². The number of nitrogens with zero attached hydrogens (tertiary/aromatic N) is 1. The van der Waals surface area contributed by atoms with Crippen molar-refractivity contribution in [2.24, 2.45) is 5.73 Å². The summed E-state index contributed by atoms with van der Waals surface area (Å²) in [5.74, 6) is -0.272. The van der Waals surface area contributed by atoms with Gasteiger partial charge in [0.05, 0.1) is 12.5 Å². The van der Waals surface area contributed by atoms with Crippen molar-refractivity contribution >= 4 is 12.4 Å². The van der Waals surface area contributed by atoms with E-state index in [1.807, 2.05) is 6.07 Å². The fourth-order valence-electron chi connectivity index (χ4n) is 1.06. The molecule has 0 aliphatic carbocycles. The van der Waals surface area contributed by atoms with E-state index in [1.54, 1.807) is 19.1 Å². The summed E-state index contributed by atoms with van der Waals surface area (Å²) in [6.07, 6.45) is 0.211. The quantitative estimate of drug-likeness (QED) is 0.822. The molecule has 0 heterocycles. The van der Waals surface area contributed by atoms with Crippen LogP contribution in [-0.2, 0) is 0 Å². The molecule has 1 rings (SSSR count). The number of nitrogens with two attached hydrogens (primary N) is 1. The van der Waals surface area contributed by atoms with Gasteiger partial charge < -0.3 is 5.73 Å². The van der Waals surface area contributed by atoms with E-state index in [0.29, 0.717) is 11.1 Å². The van der Waals surface area contributed by atoms with E-state index < -0.39 is 0 Å². The van der Waals surface area contributed by atoms with Crippen molar-refractivity contribution in [3.63, 3.8) is 0 Å². The molecule has 0 aliphatic heterocycles. The normalized spacial score (nSPS) is 11.3. The minimum Gasteiger partial charge on any atom is -0.323 e. The minimum atomic E-state index is -0.389. The molecule has 1 aromatic carbocycles. The second-order valence-electron chi connectivity index (χ2n) is 2.98. The summed E-state index contributed by atoms with van der Waals surface area (Å²) < 4.78 is 13.0. The fraction of sp³-hybridized carbons (Fsp3) is 0.300. The van der Waals surface area contributed by atoms with Crippen molar-refractivity contribution in [2.45, 2.75) is 19.4 Å². The van der Waals surface area contributed by atoms with E-state index in [1.165, 1.54) is 6.07 Å². The Hall–Kier alpha value is -1.11. The number of nitriles is 1. The highest BCUT2D eigenvalue weighted by Crippen LogP contribution is 2.16. The van der Waals surface area contributed by atoms with E-state index in [4.69, 9.17) is 11.0 Å². The van der Waals surface area contributed by atoms with Crippen molar-refractivity contribution in [1.82, 2.24) is 0 Å². The molecule has 0 aliphatic rings. The molecule has 0 saturated carbocycles. The lowest BCUT2D eigenvalue weighted by Gasteiger charge is -2.08. The highest BCUT2D eigenvalue weighted by Gasteiger charge is 2.06. The molecular formula is C10H12ClFN2. The molecule has 0 amide bonds. The smallest absolute Gasteiger partial charge is 0.126 e. The Morgan fingerprint density at radius 3 is 2.71 bits per heavy atom. The van der Waals surface area contributed by atoms with Crippen LogP contribution in [0.15, 0.2) is 18.2 Å². The van der Waals surface area contributed by atoms with Gasteiger partial charge in [-0.05, 0) is 24.1 Å². The Kier molecular flexibility index (Phi) is 5.14. The molecule has 0 unspecified atom stereocenters. The monoisotopic (exact) mass is 214 g/mol. The molecular weight excluding hydrogens is 203 g/mol. The van der Waals surface area contributed by atoms with Crippen LogP contribution in [0.25, 0.3) is 0 Å². The zero-order valence-corrected chi connectivity index (χ0v) is 8.64. The van der Waals surface area contributed by atoms with Gasteiger partial charge in [0, 0.05) is 6.04 Å². The number of hydrogen-bond donors (Lipinski definition) is 1. The zero-order chi connectivity index (χ0) is 9.84. The van der Waals surface area contributed by atoms with Crippen LogP contribution in [0, 0.1) is 24.1 Å². The molecule has 0 radical (unpaired) electrons. The molecule has 0 saturated heterocycles. The average molecular weight is 215 g/mol. The average Bonchev–Trinajstić information content (AvgIpc) is 2.10. The van der Waals surface area contributed by atoms with E-state index >= 15 is 0 Å². The maximum Gasteiger partial charge on any atom is 0.126 e. The maximum atomic E-state index is 13.0. The van der Waals surface area contributed by atoms with Crippen molar-refractivity contribution in [2.75, 3.05) is 0 Å². The number of rotatable bonds is 2. The molecule has 4 heteroatoms. The van der Waals surface area contributed by atoms with Gasteiger partial charge in [0.1, 0.15) is 5.82 Å². The molecule has 2 nitrogen and oxygen atoms in total. The number of aryl methyl sites for hydroxylation is 1. The molecule has 1 aromatic rings. The summed E-state index contributed by atoms with van der Waals surface area (Å²) in [7, 11) is 0. The largest absolute Gasteiger partial charge is 0.323 e. The lowest BCUT2D eigenvalue weighted by Crippen LogP contribution is -2.09. The standard InChI is InChI=1S/C10H11FN2.ClH/c1-7-2-3-8(6-9(7)11)10(13)4-5-12;/h2-3,6,10H,4,13H2,1H3;1H/t10-;/m0./s1. The zero-order valence-electron chi connectivity index (χ0n) is 7.83. The van der Waals surface area contributed by atoms with E-state index in [-0.39, 0.29) is 30.7 Å². The Morgan fingerprint density at radius 1 is 1.57 bits per heavy atom. The predicted molar refractivity (Wildman–Crippen MR) is 55.5 cm³/mol. The van der Waals surface area contributed by atoms with Crippen LogP contribution < -0.4 is 5.73 Å². The molecule has 0 fully saturated rings. The third-order valence-corrected chi connectivity index (χ3v) is 1.94. The van der Waals surface area contributed by atoms with E-state index in [9.17, 15) is 4.39 Å². The van der Waals surface area contributed by atoms with Gasteiger partial charge in [-0.3, -0.25) is 0 Å². The van der Waals surface area contributed by atoms with Gasteiger partial charge in [0.15, 0.2) is 0 Å². The van der Waals surface area contributed by atoms with Crippen LogP contribution in [0.4, 0.5) is 4.39 Å². The summed E-state index contributed by atoms with van der Waals surface area (Å²) in [4.78, 5) is 0. The van der Waals surface area contributed by atoms with Crippen molar-refractivity contribution in [1.29, 1.82) is 5.26 Å². The van der Waals surface area contributed by atoms with Gasteiger partial charge in [-0.25, -0.2) is 4.39 Å². The lowest BCUT2D eigenvalue weighted by molar-refractivity contribution is 0.611. The maximum absolute atomic E-state index is 13.0. The van der Waals surface area contributed by atoms with Crippen LogP contribution >= 0.6 is 12.4 Å². The van der Waals surface area contributed by atoms with Crippen molar-refractivity contribution in [3.8, 4) is 6.07 Å². The number of halogens is 2. The number of benzene rings is 1. The van der Waals surface area contributed by atoms with Crippen molar-refractivity contribution in [3.05, 3.63) is 35.1 Å². The van der Waals surface area contributed by atoms with Gasteiger partial charge in [0.25, 0.3) is 0 Å².